The number of aromatic nitrogens is 2. The third-order valence-corrected chi connectivity index (χ3v) is 4.25. The summed E-state index contributed by atoms with van der Waals surface area (Å²) in [4.78, 5) is 25.5. The zero-order valence-electron chi connectivity index (χ0n) is 10.6. The molecule has 0 N–H and O–H groups in total. The minimum absolute atomic E-state index is 0.165. The number of carbonyl (C=O) groups is 2. The Kier molecular flexibility index (Phi) is 3.27. The molecule has 0 bridgehead atoms. The zero-order valence-corrected chi connectivity index (χ0v) is 12.2. The highest BCUT2D eigenvalue weighted by Gasteiger charge is 2.36. The number of benzene rings is 1. The molecule has 1 aromatic heterocycles. The van der Waals surface area contributed by atoms with Gasteiger partial charge >= 0.3 is 0 Å². The van der Waals surface area contributed by atoms with Crippen molar-refractivity contribution in [2.45, 2.75) is 19.9 Å². The molecule has 102 valence electrons. The molecule has 5 nitrogen and oxygen atoms in total. The molecule has 1 aromatic carbocycles. The van der Waals surface area contributed by atoms with Gasteiger partial charge in [0, 0.05) is 11.5 Å². The number of halogens is 1. The summed E-state index contributed by atoms with van der Waals surface area (Å²) in [6.07, 6.45) is 0.816. The van der Waals surface area contributed by atoms with E-state index in [1.165, 1.54) is 4.90 Å². The number of carbonyl (C=O) groups excluding carboxylic acids is 2. The fourth-order valence-corrected chi connectivity index (χ4v) is 2.78. The highest BCUT2D eigenvalue weighted by molar-refractivity contribution is 7.10. The molecule has 1 aliphatic rings. The number of Topliss-reactive ketones (excluding diaryl/α,β-unsaturated/α-hetero) is 1. The largest absolute Gasteiger partial charge is 0.299 e. The maximum atomic E-state index is 12.1. The SMILES string of the molecule is CCc1ccc2c(c1)C(=O)C(=O)N2Cc1nnsc1Cl. The first-order valence-electron chi connectivity index (χ1n) is 6.07. The Morgan fingerprint density at radius 2 is 2.15 bits per heavy atom. The second-order valence-electron chi connectivity index (χ2n) is 4.42. The average molecular weight is 308 g/mol. The lowest BCUT2D eigenvalue weighted by Gasteiger charge is -2.15. The Morgan fingerprint density at radius 3 is 2.80 bits per heavy atom. The molecule has 0 radical (unpaired) electrons. The van der Waals surface area contributed by atoms with Gasteiger partial charge in [0.05, 0.1) is 17.8 Å². The maximum absolute atomic E-state index is 12.1. The number of anilines is 1. The van der Waals surface area contributed by atoms with Gasteiger partial charge in [0.25, 0.3) is 11.7 Å². The van der Waals surface area contributed by atoms with Gasteiger partial charge in [-0.1, -0.05) is 29.1 Å². The van der Waals surface area contributed by atoms with Crippen LogP contribution in [0.2, 0.25) is 4.34 Å². The molecule has 0 spiro atoms. The predicted octanol–water partition coefficient (Wildman–Crippen LogP) is 2.48. The van der Waals surface area contributed by atoms with Crippen molar-refractivity contribution >= 4 is 40.5 Å². The molecule has 0 atom stereocenters. The van der Waals surface area contributed by atoms with Gasteiger partial charge in [0.15, 0.2) is 0 Å². The molecule has 7 heteroatoms. The van der Waals surface area contributed by atoms with E-state index >= 15 is 0 Å². The third-order valence-electron chi connectivity index (χ3n) is 3.26. The summed E-state index contributed by atoms with van der Waals surface area (Å²) in [5, 5.41) is 3.88. The van der Waals surface area contributed by atoms with Crippen molar-refractivity contribution in [3.05, 3.63) is 39.4 Å². The van der Waals surface area contributed by atoms with Crippen LogP contribution in [-0.4, -0.2) is 21.3 Å². The fraction of sp³-hybridized carbons (Fsp3) is 0.231. The molecule has 3 rings (SSSR count). The van der Waals surface area contributed by atoms with Crippen molar-refractivity contribution < 1.29 is 9.59 Å². The van der Waals surface area contributed by atoms with Gasteiger partial charge in [-0.3, -0.25) is 14.5 Å². The Bertz CT molecular complexity index is 713. The third kappa shape index (κ3) is 2.01. The number of hydrogen-bond acceptors (Lipinski definition) is 5. The van der Waals surface area contributed by atoms with Gasteiger partial charge in [-0.25, -0.2) is 0 Å². The molecular formula is C13H10ClN3O2S. The highest BCUT2D eigenvalue weighted by Crippen LogP contribution is 2.32. The number of fused-ring (bicyclic) bond motifs is 1. The number of aryl methyl sites for hydroxylation is 1. The predicted molar refractivity (Wildman–Crippen MR) is 76.3 cm³/mol. The minimum atomic E-state index is -0.544. The van der Waals surface area contributed by atoms with Crippen LogP contribution in [0.5, 0.6) is 0 Å². The van der Waals surface area contributed by atoms with E-state index in [1.54, 1.807) is 12.1 Å². The van der Waals surface area contributed by atoms with Gasteiger partial charge in [-0.2, -0.15) is 0 Å². The summed E-state index contributed by atoms with van der Waals surface area (Å²) in [7, 11) is 0. The fourth-order valence-electron chi connectivity index (χ4n) is 2.17. The molecular weight excluding hydrogens is 298 g/mol. The normalized spacial score (nSPS) is 14.0. The highest BCUT2D eigenvalue weighted by atomic mass is 35.5. The Balaban J connectivity index is 2.00. The summed E-state index contributed by atoms with van der Waals surface area (Å²) in [5.41, 5.74) is 2.60. The van der Waals surface area contributed by atoms with Crippen molar-refractivity contribution in [2.24, 2.45) is 0 Å². The summed E-state index contributed by atoms with van der Waals surface area (Å²) >= 11 is 7.01. The van der Waals surface area contributed by atoms with Gasteiger partial charge in [0.2, 0.25) is 0 Å². The van der Waals surface area contributed by atoms with E-state index in [2.05, 4.69) is 9.59 Å². The lowest BCUT2D eigenvalue weighted by Crippen LogP contribution is -2.29. The number of nitrogens with zero attached hydrogens (tertiary/aromatic N) is 3. The average Bonchev–Trinajstić information content (AvgIpc) is 2.96. The molecule has 0 saturated heterocycles. The van der Waals surface area contributed by atoms with Gasteiger partial charge < -0.3 is 0 Å². The number of hydrogen-bond donors (Lipinski definition) is 0. The van der Waals surface area contributed by atoms with Crippen molar-refractivity contribution in [1.82, 2.24) is 9.59 Å². The van der Waals surface area contributed by atoms with Crippen LogP contribution < -0.4 is 4.90 Å². The molecule has 0 fully saturated rings. The Labute approximate surface area is 124 Å². The number of amides is 1. The molecule has 20 heavy (non-hydrogen) atoms. The first-order chi connectivity index (χ1) is 9.61. The standard InChI is InChI=1S/C13H10ClN3O2S/c1-2-7-3-4-10-8(5-7)11(18)13(19)17(10)6-9-12(14)20-16-15-9/h3-5H,2,6H2,1H3. The molecule has 0 aliphatic carbocycles. The second kappa shape index (κ2) is 4.96. The van der Waals surface area contributed by atoms with Crippen molar-refractivity contribution in [3.63, 3.8) is 0 Å². The number of rotatable bonds is 3. The van der Waals surface area contributed by atoms with Crippen LogP contribution in [0.15, 0.2) is 18.2 Å². The van der Waals surface area contributed by atoms with E-state index in [1.807, 2.05) is 13.0 Å². The molecule has 2 heterocycles. The van der Waals surface area contributed by atoms with Crippen LogP contribution in [0, 0.1) is 0 Å². The summed E-state index contributed by atoms with van der Waals surface area (Å²) in [6.45, 7) is 2.17. The quantitative estimate of drug-likeness (QED) is 0.817. The molecule has 1 amide bonds. The van der Waals surface area contributed by atoms with E-state index in [-0.39, 0.29) is 6.54 Å². The second-order valence-corrected chi connectivity index (χ2v) is 5.78. The maximum Gasteiger partial charge on any atom is 0.299 e. The summed E-state index contributed by atoms with van der Waals surface area (Å²) in [5.74, 6) is -1.02. The van der Waals surface area contributed by atoms with E-state index in [0.717, 1.165) is 23.5 Å². The van der Waals surface area contributed by atoms with Crippen LogP contribution in [-0.2, 0) is 17.8 Å². The van der Waals surface area contributed by atoms with E-state index < -0.39 is 11.7 Å². The van der Waals surface area contributed by atoms with Gasteiger partial charge in [-0.15, -0.1) is 5.10 Å². The number of ketones is 1. The molecule has 0 saturated carbocycles. The minimum Gasteiger partial charge on any atom is -0.299 e. The van der Waals surface area contributed by atoms with E-state index in [9.17, 15) is 9.59 Å². The zero-order chi connectivity index (χ0) is 14.3. The van der Waals surface area contributed by atoms with Crippen LogP contribution in [0.1, 0.15) is 28.5 Å². The molecule has 0 unspecified atom stereocenters. The topological polar surface area (TPSA) is 63.2 Å². The van der Waals surface area contributed by atoms with Crippen molar-refractivity contribution in [3.8, 4) is 0 Å². The summed E-state index contributed by atoms with van der Waals surface area (Å²) < 4.78 is 4.16. The van der Waals surface area contributed by atoms with Crippen LogP contribution in [0.4, 0.5) is 5.69 Å². The Morgan fingerprint density at radius 1 is 1.35 bits per heavy atom. The summed E-state index contributed by atoms with van der Waals surface area (Å²) in [6, 6.07) is 5.49. The van der Waals surface area contributed by atoms with Crippen molar-refractivity contribution in [2.75, 3.05) is 4.90 Å². The van der Waals surface area contributed by atoms with Crippen LogP contribution in [0.3, 0.4) is 0 Å². The Hall–Kier alpha value is -1.79. The smallest absolute Gasteiger partial charge is 0.299 e. The van der Waals surface area contributed by atoms with E-state index in [0.29, 0.717) is 21.3 Å². The lowest BCUT2D eigenvalue weighted by molar-refractivity contribution is -0.114. The monoisotopic (exact) mass is 307 g/mol. The van der Waals surface area contributed by atoms with E-state index in [4.69, 9.17) is 11.6 Å². The van der Waals surface area contributed by atoms with Crippen LogP contribution in [0.25, 0.3) is 0 Å². The molecule has 1 aliphatic heterocycles. The van der Waals surface area contributed by atoms with Gasteiger partial charge in [0.1, 0.15) is 10.0 Å². The molecule has 2 aromatic rings. The first kappa shape index (κ1) is 13.2. The lowest BCUT2D eigenvalue weighted by atomic mass is 10.1. The first-order valence-corrected chi connectivity index (χ1v) is 7.22. The van der Waals surface area contributed by atoms with Crippen LogP contribution >= 0.6 is 23.1 Å². The van der Waals surface area contributed by atoms with Gasteiger partial charge in [-0.05, 0) is 24.1 Å². The van der Waals surface area contributed by atoms with Crippen molar-refractivity contribution in [1.29, 1.82) is 0 Å².